The van der Waals surface area contributed by atoms with Crippen LogP contribution in [0.1, 0.15) is 23.1 Å². The van der Waals surface area contributed by atoms with Crippen molar-refractivity contribution >= 4 is 33.2 Å². The predicted octanol–water partition coefficient (Wildman–Crippen LogP) is 5.20. The van der Waals surface area contributed by atoms with E-state index in [1.807, 2.05) is 18.2 Å². The molecule has 1 aliphatic rings. The van der Waals surface area contributed by atoms with E-state index < -0.39 is 0 Å². The smallest absolute Gasteiger partial charge is 0.0593 e. The van der Waals surface area contributed by atoms with Gasteiger partial charge in [0.15, 0.2) is 0 Å². The van der Waals surface area contributed by atoms with Crippen LogP contribution in [0.25, 0.3) is 0 Å². The maximum absolute atomic E-state index is 6.09. The molecule has 1 N–H and O–H groups in total. The van der Waals surface area contributed by atoms with Gasteiger partial charge in [-0.3, -0.25) is 0 Å². The maximum atomic E-state index is 6.09. The molecule has 0 radical (unpaired) electrons. The van der Waals surface area contributed by atoms with Crippen molar-refractivity contribution in [3.63, 3.8) is 0 Å². The third-order valence-corrected chi connectivity index (χ3v) is 5.00. The Morgan fingerprint density at radius 3 is 2.84 bits per heavy atom. The lowest BCUT2D eigenvalue weighted by Crippen LogP contribution is -2.01. The Bertz CT molecular complexity index is 610. The summed E-state index contributed by atoms with van der Waals surface area (Å²) in [6.45, 7) is 0.826. The third-order valence-electron chi connectivity index (χ3n) is 3.60. The van der Waals surface area contributed by atoms with Crippen LogP contribution in [-0.2, 0) is 19.4 Å². The van der Waals surface area contributed by atoms with Gasteiger partial charge in [-0.25, -0.2) is 0 Å². The fourth-order valence-corrected chi connectivity index (χ4v) is 3.15. The van der Waals surface area contributed by atoms with Gasteiger partial charge >= 0.3 is 0 Å². The lowest BCUT2D eigenvalue weighted by molar-refractivity contribution is 0.911. The minimum atomic E-state index is 0.735. The topological polar surface area (TPSA) is 12.0 Å². The Hall–Kier alpha value is -0.990. The molecule has 0 spiro atoms. The standard InChI is InChI=1S/C16H15BrClN/c17-16-14(18)5-2-6-15(16)19-10-11-7-8-12-3-1-4-13(12)9-11/h2,5-9,19H,1,3-4,10H2. The van der Waals surface area contributed by atoms with Gasteiger partial charge in [-0.2, -0.15) is 0 Å². The Morgan fingerprint density at radius 1 is 1.11 bits per heavy atom. The number of aryl methyl sites for hydroxylation is 2. The van der Waals surface area contributed by atoms with Gasteiger partial charge in [0.25, 0.3) is 0 Å². The Labute approximate surface area is 127 Å². The zero-order valence-corrected chi connectivity index (χ0v) is 12.9. The molecule has 0 atom stereocenters. The average molecular weight is 337 g/mol. The highest BCUT2D eigenvalue weighted by molar-refractivity contribution is 9.10. The summed E-state index contributed by atoms with van der Waals surface area (Å²) in [5.41, 5.74) is 5.40. The van der Waals surface area contributed by atoms with Crippen molar-refractivity contribution in [3.05, 3.63) is 62.6 Å². The fraction of sp³-hybridized carbons (Fsp3) is 0.250. The second-order valence-electron chi connectivity index (χ2n) is 4.91. The number of anilines is 1. The molecule has 0 amide bonds. The Balaban J connectivity index is 1.74. The highest BCUT2D eigenvalue weighted by Crippen LogP contribution is 2.30. The van der Waals surface area contributed by atoms with Crippen molar-refractivity contribution in [2.75, 3.05) is 5.32 Å². The molecule has 1 nitrogen and oxygen atoms in total. The molecule has 0 unspecified atom stereocenters. The van der Waals surface area contributed by atoms with E-state index in [4.69, 9.17) is 11.6 Å². The van der Waals surface area contributed by atoms with Crippen molar-refractivity contribution in [3.8, 4) is 0 Å². The van der Waals surface area contributed by atoms with Crippen molar-refractivity contribution in [2.45, 2.75) is 25.8 Å². The Morgan fingerprint density at radius 2 is 1.95 bits per heavy atom. The first-order valence-electron chi connectivity index (χ1n) is 6.52. The number of fused-ring (bicyclic) bond motifs is 1. The van der Waals surface area contributed by atoms with E-state index in [-0.39, 0.29) is 0 Å². The zero-order valence-electron chi connectivity index (χ0n) is 10.5. The Kier molecular flexibility index (Phi) is 3.81. The average Bonchev–Trinajstić information content (AvgIpc) is 2.88. The minimum absolute atomic E-state index is 0.735. The summed E-state index contributed by atoms with van der Waals surface area (Å²) in [5.74, 6) is 0. The molecular formula is C16H15BrClN. The van der Waals surface area contributed by atoms with E-state index in [0.717, 1.165) is 21.7 Å². The lowest BCUT2D eigenvalue weighted by atomic mass is 10.1. The van der Waals surface area contributed by atoms with Gasteiger partial charge in [-0.05, 0) is 64.0 Å². The van der Waals surface area contributed by atoms with Crippen molar-refractivity contribution in [1.82, 2.24) is 0 Å². The predicted molar refractivity (Wildman–Crippen MR) is 84.9 cm³/mol. The van der Waals surface area contributed by atoms with Crippen LogP contribution in [0.4, 0.5) is 5.69 Å². The van der Waals surface area contributed by atoms with Crippen LogP contribution in [0.2, 0.25) is 5.02 Å². The summed E-state index contributed by atoms with van der Waals surface area (Å²) in [5, 5.41) is 4.17. The highest BCUT2D eigenvalue weighted by Gasteiger charge is 2.10. The van der Waals surface area contributed by atoms with Gasteiger partial charge in [0.2, 0.25) is 0 Å². The van der Waals surface area contributed by atoms with Crippen LogP contribution in [-0.4, -0.2) is 0 Å². The fourth-order valence-electron chi connectivity index (χ4n) is 2.57. The van der Waals surface area contributed by atoms with E-state index in [1.165, 1.54) is 36.0 Å². The molecule has 2 aromatic rings. The van der Waals surface area contributed by atoms with Crippen LogP contribution < -0.4 is 5.32 Å². The quantitative estimate of drug-likeness (QED) is 0.812. The molecule has 0 fully saturated rings. The van der Waals surface area contributed by atoms with Crippen LogP contribution >= 0.6 is 27.5 Å². The van der Waals surface area contributed by atoms with Crippen molar-refractivity contribution in [1.29, 1.82) is 0 Å². The van der Waals surface area contributed by atoms with Crippen molar-refractivity contribution in [2.24, 2.45) is 0 Å². The summed E-state index contributed by atoms with van der Waals surface area (Å²) in [7, 11) is 0. The molecule has 1 aliphatic carbocycles. The number of hydrogen-bond donors (Lipinski definition) is 1. The summed E-state index contributed by atoms with van der Waals surface area (Å²) >= 11 is 9.59. The van der Waals surface area contributed by atoms with E-state index in [2.05, 4.69) is 39.4 Å². The summed E-state index contributed by atoms with van der Waals surface area (Å²) in [4.78, 5) is 0. The second-order valence-corrected chi connectivity index (χ2v) is 6.11. The summed E-state index contributed by atoms with van der Waals surface area (Å²) < 4.78 is 0.929. The number of halogens is 2. The molecule has 0 aromatic heterocycles. The van der Waals surface area contributed by atoms with Crippen LogP contribution in [0.3, 0.4) is 0 Å². The van der Waals surface area contributed by atoms with Gasteiger partial charge in [-0.1, -0.05) is 35.9 Å². The normalized spacial score (nSPS) is 13.4. The first-order valence-corrected chi connectivity index (χ1v) is 7.70. The first-order chi connectivity index (χ1) is 9.24. The third kappa shape index (κ3) is 2.80. The summed E-state index contributed by atoms with van der Waals surface area (Å²) in [6, 6.07) is 12.7. The monoisotopic (exact) mass is 335 g/mol. The number of rotatable bonds is 3. The van der Waals surface area contributed by atoms with E-state index in [0.29, 0.717) is 0 Å². The van der Waals surface area contributed by atoms with E-state index in [9.17, 15) is 0 Å². The zero-order chi connectivity index (χ0) is 13.2. The molecule has 98 valence electrons. The number of benzene rings is 2. The van der Waals surface area contributed by atoms with E-state index in [1.54, 1.807) is 0 Å². The molecule has 0 bridgehead atoms. The molecule has 0 heterocycles. The van der Waals surface area contributed by atoms with Gasteiger partial charge in [0, 0.05) is 6.54 Å². The lowest BCUT2D eigenvalue weighted by Gasteiger charge is -2.10. The molecule has 0 saturated heterocycles. The van der Waals surface area contributed by atoms with Gasteiger partial charge < -0.3 is 5.32 Å². The minimum Gasteiger partial charge on any atom is -0.380 e. The van der Waals surface area contributed by atoms with Crippen LogP contribution in [0.15, 0.2) is 40.9 Å². The molecule has 19 heavy (non-hydrogen) atoms. The van der Waals surface area contributed by atoms with Crippen molar-refractivity contribution < 1.29 is 0 Å². The van der Waals surface area contributed by atoms with Gasteiger partial charge in [0.05, 0.1) is 15.2 Å². The van der Waals surface area contributed by atoms with E-state index >= 15 is 0 Å². The van der Waals surface area contributed by atoms with Gasteiger partial charge in [0.1, 0.15) is 0 Å². The van der Waals surface area contributed by atoms with Crippen LogP contribution in [0.5, 0.6) is 0 Å². The number of nitrogens with one attached hydrogen (secondary N) is 1. The molecule has 3 rings (SSSR count). The molecule has 2 aromatic carbocycles. The number of hydrogen-bond acceptors (Lipinski definition) is 1. The van der Waals surface area contributed by atoms with Crippen LogP contribution in [0, 0.1) is 0 Å². The molecule has 3 heteroatoms. The van der Waals surface area contributed by atoms with Gasteiger partial charge in [-0.15, -0.1) is 0 Å². The second kappa shape index (κ2) is 5.56. The summed E-state index contributed by atoms with van der Waals surface area (Å²) in [6.07, 6.45) is 3.76. The molecular weight excluding hydrogens is 322 g/mol. The molecule has 0 aliphatic heterocycles. The first kappa shape index (κ1) is 13.0. The largest absolute Gasteiger partial charge is 0.380 e. The molecule has 0 saturated carbocycles. The SMILES string of the molecule is Clc1cccc(NCc2ccc3c(c2)CCC3)c1Br. The highest BCUT2D eigenvalue weighted by atomic mass is 79.9. The maximum Gasteiger partial charge on any atom is 0.0593 e.